The molecule has 0 aromatic heterocycles. The van der Waals surface area contributed by atoms with Crippen molar-refractivity contribution in [2.45, 2.75) is 232 Å². The van der Waals surface area contributed by atoms with Crippen LogP contribution in [0.25, 0.3) is 0 Å². The minimum absolute atomic E-state index is 0.0750. The SMILES string of the molecule is CC/C=C\C/C=C\C/C=C\CCCCCCCC(=O)OCC(COC(=O)CCCCCCCCCC)OC(=O)CCCCCCCCCCCCCC. The summed E-state index contributed by atoms with van der Waals surface area (Å²) in [6.07, 6.45) is 47.0. The van der Waals surface area contributed by atoms with Gasteiger partial charge in [0.05, 0.1) is 0 Å². The van der Waals surface area contributed by atoms with Gasteiger partial charge in [0.25, 0.3) is 0 Å². The van der Waals surface area contributed by atoms with E-state index in [-0.39, 0.29) is 31.1 Å². The molecule has 0 amide bonds. The average Bonchev–Trinajstić information content (AvgIpc) is 3.15. The van der Waals surface area contributed by atoms with Gasteiger partial charge in [-0.3, -0.25) is 14.4 Å². The second kappa shape index (κ2) is 42.4. The molecule has 53 heavy (non-hydrogen) atoms. The zero-order valence-electron chi connectivity index (χ0n) is 35.0. The van der Waals surface area contributed by atoms with Crippen LogP contribution in [-0.2, 0) is 28.6 Å². The molecule has 0 heterocycles. The van der Waals surface area contributed by atoms with Crippen LogP contribution < -0.4 is 0 Å². The molecule has 0 aliphatic heterocycles. The van der Waals surface area contributed by atoms with E-state index in [0.717, 1.165) is 96.3 Å². The number of hydrogen-bond acceptors (Lipinski definition) is 6. The normalized spacial score (nSPS) is 12.3. The Balaban J connectivity index is 4.34. The number of unbranched alkanes of at least 4 members (excludes halogenated alkanes) is 23. The summed E-state index contributed by atoms with van der Waals surface area (Å²) in [5.74, 6) is -0.894. The monoisotopic (exact) mass is 745 g/mol. The molecule has 1 atom stereocenters. The van der Waals surface area contributed by atoms with E-state index in [1.165, 1.54) is 89.9 Å². The molecule has 308 valence electrons. The van der Waals surface area contributed by atoms with Crippen molar-refractivity contribution in [2.24, 2.45) is 0 Å². The summed E-state index contributed by atoms with van der Waals surface area (Å²) < 4.78 is 16.7. The first kappa shape index (κ1) is 50.6. The number of ether oxygens (including phenoxy) is 3. The standard InChI is InChI=1S/C47H84O6/c1-4-7-10-13-16-19-21-23-24-25-27-28-31-34-37-40-46(49)52-43-44(42-51-45(48)39-36-33-30-18-15-12-9-6-3)53-47(50)41-38-35-32-29-26-22-20-17-14-11-8-5-2/h7,10,16,19,23-24,44H,4-6,8-9,11-15,17-18,20-22,25-43H2,1-3H3/b10-7-,19-16-,24-23-. The molecule has 0 spiro atoms. The third-order valence-electron chi connectivity index (χ3n) is 9.66. The Bertz CT molecular complexity index is 907. The first-order valence-corrected chi connectivity index (χ1v) is 22.5. The maximum Gasteiger partial charge on any atom is 0.306 e. The Morgan fingerprint density at radius 1 is 0.396 bits per heavy atom. The lowest BCUT2D eigenvalue weighted by Gasteiger charge is -2.18. The van der Waals surface area contributed by atoms with Crippen LogP contribution in [0.1, 0.15) is 226 Å². The topological polar surface area (TPSA) is 78.9 Å². The van der Waals surface area contributed by atoms with Gasteiger partial charge in [-0.1, -0.05) is 192 Å². The average molecular weight is 745 g/mol. The van der Waals surface area contributed by atoms with Gasteiger partial charge in [0.2, 0.25) is 0 Å². The van der Waals surface area contributed by atoms with Crippen LogP contribution >= 0.6 is 0 Å². The van der Waals surface area contributed by atoms with Crippen LogP contribution in [0.2, 0.25) is 0 Å². The predicted molar refractivity (Wildman–Crippen MR) is 224 cm³/mol. The van der Waals surface area contributed by atoms with Crippen molar-refractivity contribution < 1.29 is 28.6 Å². The lowest BCUT2D eigenvalue weighted by molar-refractivity contribution is -0.167. The minimum Gasteiger partial charge on any atom is -0.462 e. The maximum atomic E-state index is 12.7. The number of esters is 3. The highest BCUT2D eigenvalue weighted by Crippen LogP contribution is 2.14. The number of carbonyl (C=O) groups excluding carboxylic acids is 3. The van der Waals surface area contributed by atoms with Crippen molar-refractivity contribution >= 4 is 17.9 Å². The number of carbonyl (C=O) groups is 3. The maximum absolute atomic E-state index is 12.7. The second-order valence-corrected chi connectivity index (χ2v) is 14.9. The van der Waals surface area contributed by atoms with Crippen molar-refractivity contribution in [1.29, 1.82) is 0 Å². The molecule has 0 N–H and O–H groups in total. The van der Waals surface area contributed by atoms with Crippen LogP contribution in [0.4, 0.5) is 0 Å². The summed E-state index contributed by atoms with van der Waals surface area (Å²) in [5, 5.41) is 0. The lowest BCUT2D eigenvalue weighted by atomic mass is 10.0. The van der Waals surface area contributed by atoms with Gasteiger partial charge in [-0.05, 0) is 51.4 Å². The minimum atomic E-state index is -0.771. The molecule has 0 aliphatic rings. The lowest BCUT2D eigenvalue weighted by Crippen LogP contribution is -2.30. The number of allylic oxidation sites excluding steroid dienone is 6. The van der Waals surface area contributed by atoms with Gasteiger partial charge in [0.1, 0.15) is 13.2 Å². The van der Waals surface area contributed by atoms with Gasteiger partial charge in [-0.15, -0.1) is 0 Å². The fourth-order valence-corrected chi connectivity index (χ4v) is 6.28. The summed E-state index contributed by atoms with van der Waals surface area (Å²) in [6.45, 7) is 6.47. The molecule has 6 heteroatoms. The first-order valence-electron chi connectivity index (χ1n) is 22.5. The van der Waals surface area contributed by atoms with Crippen molar-refractivity contribution in [3.63, 3.8) is 0 Å². The molecule has 1 unspecified atom stereocenters. The van der Waals surface area contributed by atoms with Crippen LogP contribution in [0.15, 0.2) is 36.5 Å². The summed E-state index contributed by atoms with van der Waals surface area (Å²) in [4.78, 5) is 37.6. The van der Waals surface area contributed by atoms with Crippen LogP contribution in [0.3, 0.4) is 0 Å². The van der Waals surface area contributed by atoms with Gasteiger partial charge >= 0.3 is 17.9 Å². The van der Waals surface area contributed by atoms with E-state index < -0.39 is 6.10 Å². The molecule has 0 aromatic rings. The Morgan fingerprint density at radius 2 is 0.736 bits per heavy atom. The van der Waals surface area contributed by atoms with Crippen LogP contribution in [0, 0.1) is 0 Å². The van der Waals surface area contributed by atoms with Crippen molar-refractivity contribution in [3.8, 4) is 0 Å². The molecule has 0 radical (unpaired) electrons. The van der Waals surface area contributed by atoms with Gasteiger partial charge in [-0.25, -0.2) is 0 Å². The van der Waals surface area contributed by atoms with Crippen LogP contribution in [-0.4, -0.2) is 37.2 Å². The number of hydrogen-bond donors (Lipinski definition) is 0. The Morgan fingerprint density at radius 3 is 1.15 bits per heavy atom. The molecule has 0 rings (SSSR count). The smallest absolute Gasteiger partial charge is 0.306 e. The molecule has 0 saturated heterocycles. The van der Waals surface area contributed by atoms with Crippen LogP contribution in [0.5, 0.6) is 0 Å². The summed E-state index contributed by atoms with van der Waals surface area (Å²) in [7, 11) is 0. The fourth-order valence-electron chi connectivity index (χ4n) is 6.28. The molecular formula is C47H84O6. The summed E-state index contributed by atoms with van der Waals surface area (Å²) in [6, 6.07) is 0. The van der Waals surface area contributed by atoms with E-state index in [1.54, 1.807) is 0 Å². The van der Waals surface area contributed by atoms with Gasteiger partial charge in [0.15, 0.2) is 6.10 Å². The van der Waals surface area contributed by atoms with E-state index in [2.05, 4.69) is 57.2 Å². The van der Waals surface area contributed by atoms with Crippen molar-refractivity contribution in [3.05, 3.63) is 36.5 Å². The third-order valence-corrected chi connectivity index (χ3v) is 9.66. The Kier molecular flexibility index (Phi) is 40.5. The van der Waals surface area contributed by atoms with E-state index in [1.807, 2.05) is 0 Å². The molecule has 0 saturated carbocycles. The molecule has 0 aromatic carbocycles. The molecule has 6 nitrogen and oxygen atoms in total. The van der Waals surface area contributed by atoms with Crippen molar-refractivity contribution in [1.82, 2.24) is 0 Å². The molecule has 0 bridgehead atoms. The highest BCUT2D eigenvalue weighted by molar-refractivity contribution is 5.71. The highest BCUT2D eigenvalue weighted by Gasteiger charge is 2.19. The fraction of sp³-hybridized carbons (Fsp3) is 0.809. The van der Waals surface area contributed by atoms with E-state index in [9.17, 15) is 14.4 Å². The molecular weight excluding hydrogens is 661 g/mol. The second-order valence-electron chi connectivity index (χ2n) is 14.9. The van der Waals surface area contributed by atoms with E-state index in [0.29, 0.717) is 19.3 Å². The predicted octanol–water partition coefficient (Wildman–Crippen LogP) is 14.2. The highest BCUT2D eigenvalue weighted by atomic mass is 16.6. The van der Waals surface area contributed by atoms with E-state index in [4.69, 9.17) is 14.2 Å². The first-order chi connectivity index (χ1) is 26.0. The van der Waals surface area contributed by atoms with Gasteiger partial charge < -0.3 is 14.2 Å². The zero-order valence-corrected chi connectivity index (χ0v) is 35.0. The Hall–Kier alpha value is -2.37. The van der Waals surface area contributed by atoms with Crippen molar-refractivity contribution in [2.75, 3.05) is 13.2 Å². The number of rotatable bonds is 40. The molecule has 0 fully saturated rings. The molecule has 0 aliphatic carbocycles. The third kappa shape index (κ3) is 40.6. The van der Waals surface area contributed by atoms with E-state index >= 15 is 0 Å². The zero-order chi connectivity index (χ0) is 38.7. The largest absolute Gasteiger partial charge is 0.462 e. The Labute approximate surface area is 327 Å². The van der Waals surface area contributed by atoms with Gasteiger partial charge in [-0.2, -0.15) is 0 Å². The summed E-state index contributed by atoms with van der Waals surface area (Å²) in [5.41, 5.74) is 0. The quantitative estimate of drug-likeness (QED) is 0.0269. The summed E-state index contributed by atoms with van der Waals surface area (Å²) >= 11 is 0. The van der Waals surface area contributed by atoms with Gasteiger partial charge in [0, 0.05) is 19.3 Å².